The number of halogens is 3. The number of hydrogen-bond acceptors (Lipinski definition) is 4. The molecule has 0 spiro atoms. The molecular formula is C20H28Cl2FN3O2. The zero-order valence-corrected chi connectivity index (χ0v) is 17.7. The van der Waals surface area contributed by atoms with Crippen molar-refractivity contribution in [1.29, 1.82) is 0 Å². The summed E-state index contributed by atoms with van der Waals surface area (Å²) in [7, 11) is 0. The number of oxazole rings is 1. The molecule has 2 heterocycles. The van der Waals surface area contributed by atoms with Gasteiger partial charge in [-0.2, -0.15) is 0 Å². The van der Waals surface area contributed by atoms with E-state index in [0.29, 0.717) is 36.1 Å². The van der Waals surface area contributed by atoms with Gasteiger partial charge in [-0.05, 0) is 44.5 Å². The predicted octanol–water partition coefficient (Wildman–Crippen LogP) is 4.25. The quantitative estimate of drug-likeness (QED) is 0.711. The van der Waals surface area contributed by atoms with Gasteiger partial charge in [0.2, 0.25) is 5.91 Å². The Morgan fingerprint density at radius 1 is 1.29 bits per heavy atom. The van der Waals surface area contributed by atoms with Crippen molar-refractivity contribution in [2.75, 3.05) is 19.6 Å². The number of amides is 1. The van der Waals surface area contributed by atoms with E-state index < -0.39 is 0 Å². The van der Waals surface area contributed by atoms with Gasteiger partial charge in [0.1, 0.15) is 5.82 Å². The van der Waals surface area contributed by atoms with E-state index in [-0.39, 0.29) is 36.5 Å². The van der Waals surface area contributed by atoms with Crippen LogP contribution < -0.4 is 5.32 Å². The van der Waals surface area contributed by atoms with Gasteiger partial charge in [0.05, 0.1) is 11.8 Å². The lowest BCUT2D eigenvalue weighted by Crippen LogP contribution is -2.46. The molecule has 0 bridgehead atoms. The Balaban J connectivity index is 0.00000196. The first-order valence-corrected chi connectivity index (χ1v) is 9.39. The molecule has 5 nitrogen and oxygen atoms in total. The number of nitrogens with zero attached hydrogens (tertiary/aromatic N) is 2. The Morgan fingerprint density at radius 3 is 2.68 bits per heavy atom. The first-order chi connectivity index (χ1) is 12.7. The van der Waals surface area contributed by atoms with Crippen molar-refractivity contribution in [3.05, 3.63) is 42.2 Å². The molecule has 1 aromatic carbocycles. The van der Waals surface area contributed by atoms with Crippen molar-refractivity contribution < 1.29 is 13.6 Å². The molecule has 0 atom stereocenters. The standard InChI is InChI=1S/C20H26FN3O2.2ClH/c1-2-13-24(15-9-11-22-12-10-15)20(25)8-7-19-23-14-18(26-19)16-5-3-4-6-17(16)21;;/h3-6,14-15,22H,2,7-13H2,1H3;2*1H. The normalized spacial score (nSPS) is 14.1. The summed E-state index contributed by atoms with van der Waals surface area (Å²) in [4.78, 5) is 18.9. The number of rotatable bonds is 7. The summed E-state index contributed by atoms with van der Waals surface area (Å²) in [6.07, 6.45) is 5.27. The minimum Gasteiger partial charge on any atom is -0.441 e. The molecular weight excluding hydrogens is 404 g/mol. The van der Waals surface area contributed by atoms with E-state index in [2.05, 4.69) is 17.2 Å². The molecule has 1 aliphatic heterocycles. The molecule has 1 aliphatic rings. The van der Waals surface area contributed by atoms with Gasteiger partial charge < -0.3 is 14.6 Å². The molecule has 1 aromatic heterocycles. The van der Waals surface area contributed by atoms with Crippen LogP contribution in [0, 0.1) is 5.82 Å². The molecule has 1 N–H and O–H groups in total. The highest BCUT2D eigenvalue weighted by atomic mass is 35.5. The minimum absolute atomic E-state index is 0. The highest BCUT2D eigenvalue weighted by Crippen LogP contribution is 2.24. The third-order valence-corrected chi connectivity index (χ3v) is 4.78. The van der Waals surface area contributed by atoms with Crippen molar-refractivity contribution >= 4 is 30.7 Å². The van der Waals surface area contributed by atoms with E-state index in [0.717, 1.165) is 38.9 Å². The van der Waals surface area contributed by atoms with Gasteiger partial charge in [-0.25, -0.2) is 9.37 Å². The second kappa shape index (κ2) is 12.0. The maximum Gasteiger partial charge on any atom is 0.223 e. The third-order valence-electron chi connectivity index (χ3n) is 4.78. The van der Waals surface area contributed by atoms with E-state index in [1.165, 1.54) is 12.3 Å². The van der Waals surface area contributed by atoms with Gasteiger partial charge in [0.25, 0.3) is 0 Å². The van der Waals surface area contributed by atoms with Crippen LogP contribution in [0.15, 0.2) is 34.9 Å². The van der Waals surface area contributed by atoms with Crippen molar-refractivity contribution in [2.24, 2.45) is 0 Å². The van der Waals surface area contributed by atoms with Crippen molar-refractivity contribution in [1.82, 2.24) is 15.2 Å². The lowest BCUT2D eigenvalue weighted by atomic mass is 10.0. The fourth-order valence-electron chi connectivity index (χ4n) is 3.44. The smallest absolute Gasteiger partial charge is 0.223 e. The van der Waals surface area contributed by atoms with E-state index in [1.54, 1.807) is 18.2 Å². The van der Waals surface area contributed by atoms with Crippen molar-refractivity contribution in [3.63, 3.8) is 0 Å². The molecule has 28 heavy (non-hydrogen) atoms. The lowest BCUT2D eigenvalue weighted by Gasteiger charge is -2.34. The SMILES string of the molecule is CCCN(C(=O)CCc1ncc(-c2ccccc2F)o1)C1CCNCC1.Cl.Cl. The van der Waals surface area contributed by atoms with Crippen LogP contribution in [-0.2, 0) is 11.2 Å². The van der Waals surface area contributed by atoms with Crippen LogP contribution in [0.5, 0.6) is 0 Å². The number of aryl methyl sites for hydroxylation is 1. The molecule has 8 heteroatoms. The number of piperidine rings is 1. The molecule has 0 aliphatic carbocycles. The van der Waals surface area contributed by atoms with Gasteiger partial charge in [-0.15, -0.1) is 24.8 Å². The summed E-state index contributed by atoms with van der Waals surface area (Å²) in [5.41, 5.74) is 0.389. The summed E-state index contributed by atoms with van der Waals surface area (Å²) in [6.45, 7) is 4.81. The lowest BCUT2D eigenvalue weighted by molar-refractivity contribution is -0.134. The van der Waals surface area contributed by atoms with Crippen LogP contribution >= 0.6 is 24.8 Å². The van der Waals surface area contributed by atoms with E-state index in [1.807, 2.05) is 4.90 Å². The Morgan fingerprint density at radius 2 is 2.00 bits per heavy atom. The number of carbonyl (C=O) groups excluding carboxylic acids is 1. The summed E-state index contributed by atoms with van der Waals surface area (Å²) in [5.74, 6) is 0.670. The van der Waals surface area contributed by atoms with Gasteiger partial charge in [-0.1, -0.05) is 19.1 Å². The molecule has 0 unspecified atom stereocenters. The Bertz CT molecular complexity index is 736. The minimum atomic E-state index is -0.341. The zero-order valence-electron chi connectivity index (χ0n) is 16.0. The summed E-state index contributed by atoms with van der Waals surface area (Å²) in [5, 5.41) is 3.34. The Kier molecular flexibility index (Phi) is 10.5. The number of aromatic nitrogens is 1. The van der Waals surface area contributed by atoms with Crippen LogP contribution in [0.1, 0.15) is 38.5 Å². The van der Waals surface area contributed by atoms with Crippen LogP contribution in [-0.4, -0.2) is 41.5 Å². The predicted molar refractivity (Wildman–Crippen MR) is 113 cm³/mol. The summed E-state index contributed by atoms with van der Waals surface area (Å²) < 4.78 is 19.5. The van der Waals surface area contributed by atoms with E-state index >= 15 is 0 Å². The van der Waals surface area contributed by atoms with Crippen molar-refractivity contribution in [3.8, 4) is 11.3 Å². The Labute approximate surface area is 177 Å². The van der Waals surface area contributed by atoms with Crippen molar-refractivity contribution in [2.45, 2.75) is 45.1 Å². The largest absolute Gasteiger partial charge is 0.441 e. The number of benzene rings is 1. The number of carbonyl (C=O) groups is 1. The first-order valence-electron chi connectivity index (χ1n) is 9.39. The van der Waals surface area contributed by atoms with Crippen LogP contribution in [0.4, 0.5) is 4.39 Å². The van der Waals surface area contributed by atoms with Crippen LogP contribution in [0.2, 0.25) is 0 Å². The molecule has 2 aromatic rings. The second-order valence-corrected chi connectivity index (χ2v) is 6.67. The van der Waals surface area contributed by atoms with Crippen LogP contribution in [0.3, 0.4) is 0 Å². The topological polar surface area (TPSA) is 58.4 Å². The fourth-order valence-corrected chi connectivity index (χ4v) is 3.44. The molecule has 1 amide bonds. The van der Waals surface area contributed by atoms with E-state index in [4.69, 9.17) is 4.42 Å². The average Bonchev–Trinajstić information content (AvgIpc) is 3.14. The maximum atomic E-state index is 13.8. The zero-order chi connectivity index (χ0) is 18.4. The molecule has 0 radical (unpaired) electrons. The van der Waals surface area contributed by atoms with Gasteiger partial charge in [0, 0.05) is 25.4 Å². The monoisotopic (exact) mass is 431 g/mol. The molecule has 156 valence electrons. The van der Waals surface area contributed by atoms with E-state index in [9.17, 15) is 9.18 Å². The molecule has 1 fully saturated rings. The van der Waals surface area contributed by atoms with Crippen LogP contribution in [0.25, 0.3) is 11.3 Å². The second-order valence-electron chi connectivity index (χ2n) is 6.67. The van der Waals surface area contributed by atoms with Gasteiger partial charge in [-0.3, -0.25) is 4.79 Å². The summed E-state index contributed by atoms with van der Waals surface area (Å²) >= 11 is 0. The number of hydrogen-bond donors (Lipinski definition) is 1. The highest BCUT2D eigenvalue weighted by molar-refractivity contribution is 5.85. The van der Waals surface area contributed by atoms with Gasteiger partial charge >= 0.3 is 0 Å². The first kappa shape index (κ1) is 24.4. The maximum absolute atomic E-state index is 13.8. The molecule has 3 rings (SSSR count). The summed E-state index contributed by atoms with van der Waals surface area (Å²) in [6, 6.07) is 6.76. The van der Waals surface area contributed by atoms with Gasteiger partial charge in [0.15, 0.2) is 11.7 Å². The molecule has 1 saturated heterocycles. The highest BCUT2D eigenvalue weighted by Gasteiger charge is 2.24. The number of nitrogens with one attached hydrogen (secondary N) is 1. The Hall–Kier alpha value is -1.63. The average molecular weight is 432 g/mol. The fraction of sp³-hybridized carbons (Fsp3) is 0.500. The molecule has 0 saturated carbocycles. The third kappa shape index (κ3) is 6.19.